The SMILES string of the molecule is C[C@@H](c1cc2c(cc1CCN(C)C)OCO2)[C@@H]1C(=O)Oc2c1ccc1c2OCO1. The predicted molar refractivity (Wildman–Crippen MR) is 104 cm³/mol. The Kier molecular flexibility index (Phi) is 4.28. The Balaban J connectivity index is 1.54. The molecule has 29 heavy (non-hydrogen) atoms. The summed E-state index contributed by atoms with van der Waals surface area (Å²) in [5.74, 6) is 2.30. The molecule has 3 heterocycles. The molecule has 2 atom stereocenters. The van der Waals surface area contributed by atoms with Gasteiger partial charge in [0.15, 0.2) is 23.0 Å². The van der Waals surface area contributed by atoms with Gasteiger partial charge in [-0.15, -0.1) is 0 Å². The lowest BCUT2D eigenvalue weighted by Crippen LogP contribution is -2.20. The third kappa shape index (κ3) is 2.97. The first kappa shape index (κ1) is 18.1. The summed E-state index contributed by atoms with van der Waals surface area (Å²) >= 11 is 0. The first-order valence-electron chi connectivity index (χ1n) is 9.74. The fraction of sp³-hybridized carbons (Fsp3) is 0.409. The second-order valence-electron chi connectivity index (χ2n) is 7.86. The molecule has 0 bridgehead atoms. The molecule has 5 rings (SSSR count). The molecule has 3 aliphatic rings. The van der Waals surface area contributed by atoms with Gasteiger partial charge in [0, 0.05) is 12.1 Å². The van der Waals surface area contributed by atoms with Crippen molar-refractivity contribution in [2.45, 2.75) is 25.2 Å². The third-order valence-corrected chi connectivity index (χ3v) is 5.77. The van der Waals surface area contributed by atoms with Gasteiger partial charge in [-0.2, -0.15) is 0 Å². The van der Waals surface area contributed by atoms with Crippen LogP contribution in [0.25, 0.3) is 0 Å². The number of likely N-dealkylation sites (N-methyl/N-ethyl adjacent to an activating group) is 1. The standard InChI is InChI=1S/C22H23NO6/c1-12(15-9-18-17(26-10-27-18)8-13(15)6-7-23(2)3)19-14-4-5-16-21(28-11-25-16)20(14)29-22(19)24/h4-5,8-9,12,19H,6-7,10-11H2,1-3H3/t12-,19-/m0/s1. The van der Waals surface area contributed by atoms with Crippen LogP contribution in [0.1, 0.15) is 35.4 Å². The van der Waals surface area contributed by atoms with Crippen LogP contribution in [0.3, 0.4) is 0 Å². The van der Waals surface area contributed by atoms with Crippen LogP contribution >= 0.6 is 0 Å². The molecular weight excluding hydrogens is 374 g/mol. The smallest absolute Gasteiger partial charge is 0.319 e. The molecule has 0 saturated heterocycles. The second kappa shape index (κ2) is 6.84. The van der Waals surface area contributed by atoms with E-state index in [1.807, 2.05) is 38.4 Å². The quantitative estimate of drug-likeness (QED) is 0.567. The number of carbonyl (C=O) groups is 1. The fourth-order valence-electron chi connectivity index (χ4n) is 4.24. The highest BCUT2D eigenvalue weighted by atomic mass is 16.7. The summed E-state index contributed by atoms with van der Waals surface area (Å²) in [6.07, 6.45) is 0.846. The summed E-state index contributed by atoms with van der Waals surface area (Å²) in [6, 6.07) is 7.80. The number of hydrogen-bond acceptors (Lipinski definition) is 7. The van der Waals surface area contributed by atoms with Gasteiger partial charge in [-0.05, 0) is 55.8 Å². The van der Waals surface area contributed by atoms with Crippen LogP contribution in [-0.4, -0.2) is 45.1 Å². The Hall–Kier alpha value is -2.93. The highest BCUT2D eigenvalue weighted by Crippen LogP contribution is 2.53. The van der Waals surface area contributed by atoms with E-state index in [-0.39, 0.29) is 25.5 Å². The molecule has 0 aromatic heterocycles. The van der Waals surface area contributed by atoms with Gasteiger partial charge in [-0.3, -0.25) is 4.79 Å². The summed E-state index contributed by atoms with van der Waals surface area (Å²) in [6.45, 7) is 3.31. The van der Waals surface area contributed by atoms with E-state index in [1.165, 1.54) is 0 Å². The summed E-state index contributed by atoms with van der Waals surface area (Å²) in [4.78, 5) is 15.0. The summed E-state index contributed by atoms with van der Waals surface area (Å²) in [5.41, 5.74) is 3.06. The maximum atomic E-state index is 12.9. The Morgan fingerprint density at radius 3 is 2.52 bits per heavy atom. The van der Waals surface area contributed by atoms with Crippen molar-refractivity contribution >= 4 is 5.97 Å². The predicted octanol–water partition coefficient (Wildman–Crippen LogP) is 3.05. The molecule has 0 aliphatic carbocycles. The molecular formula is C22H23NO6. The molecule has 0 radical (unpaired) electrons. The van der Waals surface area contributed by atoms with E-state index < -0.39 is 5.92 Å². The number of carbonyl (C=O) groups excluding carboxylic acids is 1. The number of esters is 1. The number of fused-ring (bicyclic) bond motifs is 4. The van der Waals surface area contributed by atoms with E-state index in [0.717, 1.165) is 41.2 Å². The van der Waals surface area contributed by atoms with Crippen LogP contribution in [0.4, 0.5) is 0 Å². The number of benzene rings is 2. The first-order chi connectivity index (χ1) is 14.0. The molecule has 2 aromatic carbocycles. The van der Waals surface area contributed by atoms with Crippen LogP contribution in [0.5, 0.6) is 28.7 Å². The van der Waals surface area contributed by atoms with E-state index >= 15 is 0 Å². The van der Waals surface area contributed by atoms with Crippen molar-refractivity contribution in [3.05, 3.63) is 41.0 Å². The number of ether oxygens (including phenoxy) is 5. The zero-order chi connectivity index (χ0) is 20.1. The molecule has 0 fully saturated rings. The Morgan fingerprint density at radius 2 is 1.72 bits per heavy atom. The maximum absolute atomic E-state index is 12.9. The minimum atomic E-state index is -0.419. The van der Waals surface area contributed by atoms with Crippen LogP contribution in [0.2, 0.25) is 0 Å². The molecule has 0 N–H and O–H groups in total. The van der Waals surface area contributed by atoms with E-state index in [0.29, 0.717) is 17.2 Å². The monoisotopic (exact) mass is 397 g/mol. The van der Waals surface area contributed by atoms with Gasteiger partial charge in [0.05, 0.1) is 5.92 Å². The number of nitrogens with zero attached hydrogens (tertiary/aromatic N) is 1. The van der Waals surface area contributed by atoms with Crippen LogP contribution in [0.15, 0.2) is 24.3 Å². The molecule has 152 valence electrons. The molecule has 2 aromatic rings. The maximum Gasteiger partial charge on any atom is 0.319 e. The minimum absolute atomic E-state index is 0.101. The van der Waals surface area contributed by atoms with E-state index in [4.69, 9.17) is 23.7 Å². The highest BCUT2D eigenvalue weighted by Gasteiger charge is 2.42. The molecule has 0 spiro atoms. The van der Waals surface area contributed by atoms with Gasteiger partial charge < -0.3 is 28.6 Å². The Morgan fingerprint density at radius 1 is 1.00 bits per heavy atom. The Labute approximate surface area is 169 Å². The molecule has 0 amide bonds. The molecule has 7 nitrogen and oxygen atoms in total. The lowest BCUT2D eigenvalue weighted by atomic mass is 9.81. The van der Waals surface area contributed by atoms with Crippen LogP contribution in [0, 0.1) is 0 Å². The van der Waals surface area contributed by atoms with Gasteiger partial charge in [0.25, 0.3) is 0 Å². The minimum Gasteiger partial charge on any atom is -0.454 e. The van der Waals surface area contributed by atoms with Gasteiger partial charge in [0.2, 0.25) is 19.3 Å². The van der Waals surface area contributed by atoms with Crippen molar-refractivity contribution in [1.29, 1.82) is 0 Å². The van der Waals surface area contributed by atoms with Gasteiger partial charge in [0.1, 0.15) is 0 Å². The average molecular weight is 397 g/mol. The lowest BCUT2D eigenvalue weighted by molar-refractivity contribution is -0.134. The summed E-state index contributed by atoms with van der Waals surface area (Å²) in [7, 11) is 4.09. The number of rotatable bonds is 5. The summed E-state index contributed by atoms with van der Waals surface area (Å²) < 4.78 is 27.8. The van der Waals surface area contributed by atoms with Crippen LogP contribution in [-0.2, 0) is 11.2 Å². The lowest BCUT2D eigenvalue weighted by Gasteiger charge is -2.22. The van der Waals surface area contributed by atoms with E-state index in [2.05, 4.69) is 11.8 Å². The van der Waals surface area contributed by atoms with Crippen LogP contribution < -0.4 is 23.7 Å². The van der Waals surface area contributed by atoms with Crippen molar-refractivity contribution in [3.63, 3.8) is 0 Å². The number of hydrogen-bond donors (Lipinski definition) is 0. The normalized spacial score (nSPS) is 19.4. The van der Waals surface area contributed by atoms with Crippen molar-refractivity contribution in [3.8, 4) is 28.7 Å². The molecule has 0 unspecified atom stereocenters. The molecule has 3 aliphatic heterocycles. The largest absolute Gasteiger partial charge is 0.454 e. The van der Waals surface area contributed by atoms with Crippen molar-refractivity contribution in [2.24, 2.45) is 0 Å². The van der Waals surface area contributed by atoms with Crippen molar-refractivity contribution in [2.75, 3.05) is 34.2 Å². The average Bonchev–Trinajstić information content (AvgIpc) is 3.41. The highest BCUT2D eigenvalue weighted by molar-refractivity contribution is 5.89. The fourth-order valence-corrected chi connectivity index (χ4v) is 4.24. The van der Waals surface area contributed by atoms with Gasteiger partial charge >= 0.3 is 5.97 Å². The first-order valence-corrected chi connectivity index (χ1v) is 9.74. The molecule has 0 saturated carbocycles. The van der Waals surface area contributed by atoms with E-state index in [1.54, 1.807) is 0 Å². The summed E-state index contributed by atoms with van der Waals surface area (Å²) in [5, 5.41) is 0. The Bertz CT molecular complexity index is 986. The third-order valence-electron chi connectivity index (χ3n) is 5.77. The topological polar surface area (TPSA) is 66.5 Å². The van der Waals surface area contributed by atoms with Gasteiger partial charge in [-0.25, -0.2) is 0 Å². The van der Waals surface area contributed by atoms with Crippen molar-refractivity contribution < 1.29 is 28.5 Å². The molecule has 7 heteroatoms. The second-order valence-corrected chi connectivity index (χ2v) is 7.86. The van der Waals surface area contributed by atoms with Gasteiger partial charge in [-0.1, -0.05) is 13.0 Å². The zero-order valence-corrected chi connectivity index (χ0v) is 16.7. The zero-order valence-electron chi connectivity index (χ0n) is 16.7. The van der Waals surface area contributed by atoms with E-state index in [9.17, 15) is 4.79 Å². The van der Waals surface area contributed by atoms with Crippen molar-refractivity contribution in [1.82, 2.24) is 4.90 Å².